The molecule has 78 valence electrons. The van der Waals surface area contributed by atoms with Gasteiger partial charge < -0.3 is 30.3 Å². The van der Waals surface area contributed by atoms with E-state index in [0.717, 1.165) is 0 Å². The molecule has 6 heteroatoms. The Morgan fingerprint density at radius 2 is 1.38 bits per heavy atom. The lowest BCUT2D eigenvalue weighted by Gasteiger charge is -2.25. The van der Waals surface area contributed by atoms with Crippen molar-refractivity contribution in [2.45, 2.75) is 37.4 Å². The minimum atomic E-state index is -1.80. The lowest BCUT2D eigenvalue weighted by molar-refractivity contribution is -0.142. The van der Waals surface area contributed by atoms with Crippen LogP contribution < -0.4 is 0 Å². The molecule has 0 saturated carbocycles. The molecule has 0 spiro atoms. The van der Waals surface area contributed by atoms with Crippen LogP contribution in [-0.4, -0.2) is 62.3 Å². The quantitative estimate of drug-likeness (QED) is 0.298. The van der Waals surface area contributed by atoms with Crippen LogP contribution in [0.25, 0.3) is 0 Å². The van der Waals surface area contributed by atoms with Crippen molar-refractivity contribution in [1.29, 1.82) is 0 Å². The molecule has 0 bridgehead atoms. The Labute approximate surface area is 75.1 Å². The first-order valence-electron chi connectivity index (χ1n) is 3.77. The summed E-state index contributed by atoms with van der Waals surface area (Å²) in [5.41, 5.74) is 0. The first kappa shape index (κ1) is 12.5. The number of aliphatic hydroxyl groups excluding tert-OH is 5. The van der Waals surface area contributed by atoms with Crippen molar-refractivity contribution < 1.29 is 30.3 Å². The fourth-order valence-electron chi connectivity index (χ4n) is 0.770. The van der Waals surface area contributed by atoms with Gasteiger partial charge in [-0.2, -0.15) is 0 Å². The van der Waals surface area contributed by atoms with Gasteiger partial charge in [0.25, 0.3) is 0 Å². The molecule has 0 rings (SSSR count). The third kappa shape index (κ3) is 3.37. The first-order chi connectivity index (χ1) is 5.91. The third-order valence-electron chi connectivity index (χ3n) is 1.68. The number of hydrogen-bond donors (Lipinski definition) is 5. The summed E-state index contributed by atoms with van der Waals surface area (Å²) in [5, 5.41) is 44.7. The molecule has 0 amide bonds. The molecule has 0 aromatic carbocycles. The summed E-state index contributed by atoms with van der Waals surface area (Å²) in [7, 11) is 0. The van der Waals surface area contributed by atoms with E-state index in [1.165, 1.54) is 6.92 Å². The number of aliphatic hydroxyl groups is 5. The van der Waals surface area contributed by atoms with Gasteiger partial charge in [0.2, 0.25) is 0 Å². The van der Waals surface area contributed by atoms with Gasteiger partial charge in [-0.25, -0.2) is 0 Å². The molecule has 5 N–H and O–H groups in total. The van der Waals surface area contributed by atoms with Gasteiger partial charge in [-0.3, -0.25) is 0 Å². The van der Waals surface area contributed by atoms with Crippen LogP contribution in [0.2, 0.25) is 0 Å². The highest BCUT2D eigenvalue weighted by molar-refractivity contribution is 5.56. The maximum Gasteiger partial charge on any atom is 0.151 e. The van der Waals surface area contributed by atoms with Crippen molar-refractivity contribution in [1.82, 2.24) is 0 Å². The number of hydrogen-bond acceptors (Lipinski definition) is 6. The summed E-state index contributed by atoms with van der Waals surface area (Å²) in [6, 6.07) is 0. The highest BCUT2D eigenvalue weighted by atomic mass is 16.4. The van der Waals surface area contributed by atoms with E-state index < -0.39 is 30.5 Å². The molecule has 1 unspecified atom stereocenters. The standard InChI is InChI=1S/C7H14O6/c1-3(9)5(11)7(13)6(12)4(10)2-8/h2-7,9-13H,1H3/t3?,4-,5+,6+,7+/m0/s1. The van der Waals surface area contributed by atoms with E-state index in [-0.39, 0.29) is 6.29 Å². The highest BCUT2D eigenvalue weighted by Crippen LogP contribution is 2.06. The van der Waals surface area contributed by atoms with Gasteiger partial charge in [0.1, 0.15) is 24.4 Å². The zero-order chi connectivity index (χ0) is 10.6. The summed E-state index contributed by atoms with van der Waals surface area (Å²) < 4.78 is 0. The van der Waals surface area contributed by atoms with Crippen LogP contribution in [0.15, 0.2) is 0 Å². The van der Waals surface area contributed by atoms with E-state index >= 15 is 0 Å². The molecular formula is C7H14O6. The van der Waals surface area contributed by atoms with Crippen molar-refractivity contribution in [2.24, 2.45) is 0 Å². The first-order valence-corrected chi connectivity index (χ1v) is 3.77. The molecule has 0 aromatic rings. The molecule has 0 aliphatic rings. The smallest absolute Gasteiger partial charge is 0.151 e. The molecule has 0 heterocycles. The number of carbonyl (C=O) groups excluding carboxylic acids is 1. The van der Waals surface area contributed by atoms with Crippen LogP contribution in [0.4, 0.5) is 0 Å². The van der Waals surface area contributed by atoms with E-state index in [9.17, 15) is 4.79 Å². The van der Waals surface area contributed by atoms with Gasteiger partial charge in [-0.05, 0) is 6.92 Å². The fourth-order valence-corrected chi connectivity index (χ4v) is 0.770. The summed E-state index contributed by atoms with van der Waals surface area (Å²) >= 11 is 0. The van der Waals surface area contributed by atoms with Crippen molar-refractivity contribution in [2.75, 3.05) is 0 Å². The van der Waals surface area contributed by atoms with Crippen molar-refractivity contribution in [3.8, 4) is 0 Å². The molecule has 0 radical (unpaired) electrons. The van der Waals surface area contributed by atoms with Crippen LogP contribution in [0, 0.1) is 0 Å². The zero-order valence-corrected chi connectivity index (χ0v) is 7.11. The predicted octanol–water partition coefficient (Wildman–Crippen LogP) is -2.99. The van der Waals surface area contributed by atoms with E-state index in [2.05, 4.69) is 0 Å². The van der Waals surface area contributed by atoms with E-state index in [1.54, 1.807) is 0 Å². The molecule has 5 atom stereocenters. The predicted molar refractivity (Wildman–Crippen MR) is 41.8 cm³/mol. The summed E-state index contributed by atoms with van der Waals surface area (Å²) in [5.74, 6) is 0. The van der Waals surface area contributed by atoms with Crippen molar-refractivity contribution in [3.05, 3.63) is 0 Å². The van der Waals surface area contributed by atoms with Crippen LogP contribution in [0.5, 0.6) is 0 Å². The maximum atomic E-state index is 9.98. The SMILES string of the molecule is CC(O)[C@@H](O)[C@@H](O)[C@H](O)[C@@H](O)C=O. The lowest BCUT2D eigenvalue weighted by Crippen LogP contribution is -2.48. The molecular weight excluding hydrogens is 180 g/mol. The van der Waals surface area contributed by atoms with Crippen LogP contribution >= 0.6 is 0 Å². The molecule has 13 heavy (non-hydrogen) atoms. The van der Waals surface area contributed by atoms with E-state index in [1.807, 2.05) is 0 Å². The Bertz CT molecular complexity index is 159. The summed E-state index contributed by atoms with van der Waals surface area (Å²) in [6.45, 7) is 1.20. The number of aldehydes is 1. The second-order valence-electron chi connectivity index (χ2n) is 2.84. The Morgan fingerprint density at radius 3 is 1.69 bits per heavy atom. The van der Waals surface area contributed by atoms with E-state index in [0.29, 0.717) is 0 Å². The maximum absolute atomic E-state index is 9.98. The molecule has 0 fully saturated rings. The van der Waals surface area contributed by atoms with Crippen molar-refractivity contribution >= 4 is 6.29 Å². The Morgan fingerprint density at radius 1 is 0.923 bits per heavy atom. The Kier molecular flexibility index (Phi) is 5.04. The second-order valence-corrected chi connectivity index (χ2v) is 2.84. The zero-order valence-electron chi connectivity index (χ0n) is 7.11. The third-order valence-corrected chi connectivity index (χ3v) is 1.68. The average molecular weight is 194 g/mol. The molecule has 0 saturated heterocycles. The van der Waals surface area contributed by atoms with Gasteiger partial charge in [-0.15, -0.1) is 0 Å². The van der Waals surface area contributed by atoms with E-state index in [4.69, 9.17) is 25.5 Å². The van der Waals surface area contributed by atoms with Crippen molar-refractivity contribution in [3.63, 3.8) is 0 Å². The number of rotatable bonds is 5. The lowest BCUT2D eigenvalue weighted by atomic mass is 10.0. The molecule has 0 aromatic heterocycles. The minimum Gasteiger partial charge on any atom is -0.391 e. The summed E-state index contributed by atoms with van der Waals surface area (Å²) in [4.78, 5) is 9.98. The van der Waals surface area contributed by atoms with Gasteiger partial charge in [-0.1, -0.05) is 0 Å². The number of carbonyl (C=O) groups is 1. The van der Waals surface area contributed by atoms with Gasteiger partial charge >= 0.3 is 0 Å². The topological polar surface area (TPSA) is 118 Å². The van der Waals surface area contributed by atoms with Crippen LogP contribution in [-0.2, 0) is 4.79 Å². The van der Waals surface area contributed by atoms with Gasteiger partial charge in [0.15, 0.2) is 6.29 Å². The Balaban J connectivity index is 4.23. The monoisotopic (exact) mass is 194 g/mol. The molecule has 6 nitrogen and oxygen atoms in total. The largest absolute Gasteiger partial charge is 0.391 e. The second kappa shape index (κ2) is 5.25. The van der Waals surface area contributed by atoms with Crippen LogP contribution in [0.3, 0.4) is 0 Å². The molecule has 0 aliphatic carbocycles. The highest BCUT2D eigenvalue weighted by Gasteiger charge is 2.32. The van der Waals surface area contributed by atoms with Gasteiger partial charge in [0.05, 0.1) is 6.10 Å². The Hall–Kier alpha value is -0.530. The molecule has 0 aliphatic heterocycles. The fraction of sp³-hybridized carbons (Fsp3) is 0.857. The normalized spacial score (nSPS) is 22.9. The summed E-state index contributed by atoms with van der Waals surface area (Å²) in [6.07, 6.45) is -8.18. The van der Waals surface area contributed by atoms with Crippen LogP contribution in [0.1, 0.15) is 6.92 Å². The average Bonchev–Trinajstić information content (AvgIpc) is 2.12. The van der Waals surface area contributed by atoms with Gasteiger partial charge in [0, 0.05) is 0 Å². The minimum absolute atomic E-state index is 0.0304.